The van der Waals surface area contributed by atoms with Crippen molar-refractivity contribution < 1.29 is 14.6 Å². The normalized spacial score (nSPS) is 10.8. The Kier molecular flexibility index (Phi) is 4.94. The van der Waals surface area contributed by atoms with Gasteiger partial charge in [0.1, 0.15) is 0 Å². The summed E-state index contributed by atoms with van der Waals surface area (Å²) in [5, 5.41) is 12.4. The highest BCUT2D eigenvalue weighted by molar-refractivity contribution is 5.83. The first-order valence-electron chi connectivity index (χ1n) is 6.31. The van der Waals surface area contributed by atoms with Crippen LogP contribution in [0.4, 0.5) is 0 Å². The number of H-pyrrole nitrogens is 1. The molecular formula is C14H18N2O3. The van der Waals surface area contributed by atoms with Gasteiger partial charge in [-0.3, -0.25) is 4.79 Å². The zero-order valence-electron chi connectivity index (χ0n) is 10.7. The average Bonchev–Trinajstić information content (AvgIpc) is 2.86. The largest absolute Gasteiger partial charge is 0.394 e. The topological polar surface area (TPSA) is 74.4 Å². The molecule has 0 saturated carbocycles. The molecule has 0 bridgehead atoms. The zero-order chi connectivity index (χ0) is 13.5. The van der Waals surface area contributed by atoms with E-state index in [0.29, 0.717) is 26.2 Å². The summed E-state index contributed by atoms with van der Waals surface area (Å²) in [5.41, 5.74) is 2.01. The summed E-state index contributed by atoms with van der Waals surface area (Å²) in [6.07, 6.45) is 2.24. The lowest BCUT2D eigenvalue weighted by atomic mass is 10.1. The maximum absolute atomic E-state index is 11.7. The van der Waals surface area contributed by atoms with E-state index in [1.165, 1.54) is 0 Å². The smallest absolute Gasteiger partial charge is 0.224 e. The fourth-order valence-electron chi connectivity index (χ4n) is 1.88. The molecule has 2 rings (SSSR count). The summed E-state index contributed by atoms with van der Waals surface area (Å²) in [6.45, 7) is 1.19. The molecule has 0 fully saturated rings. The van der Waals surface area contributed by atoms with Gasteiger partial charge in [-0.15, -0.1) is 0 Å². The lowest BCUT2D eigenvalue weighted by Crippen LogP contribution is -2.28. The minimum atomic E-state index is -0.0292. The first kappa shape index (κ1) is 13.6. The van der Waals surface area contributed by atoms with Crippen LogP contribution in [0.3, 0.4) is 0 Å². The van der Waals surface area contributed by atoms with E-state index in [2.05, 4.69) is 10.3 Å². The van der Waals surface area contributed by atoms with Gasteiger partial charge in [-0.25, -0.2) is 0 Å². The molecule has 5 nitrogen and oxygen atoms in total. The quantitative estimate of drug-likeness (QED) is 0.647. The van der Waals surface area contributed by atoms with Crippen LogP contribution in [0.2, 0.25) is 0 Å². The standard InChI is InChI=1S/C14H18N2O3/c17-6-8-19-7-5-16-14(18)10-11-1-2-12-3-4-15-13(12)9-11/h1-4,9,15,17H,5-8,10H2,(H,16,18). The summed E-state index contributed by atoms with van der Waals surface area (Å²) in [4.78, 5) is 14.8. The third kappa shape index (κ3) is 4.08. The maximum atomic E-state index is 11.7. The summed E-state index contributed by atoms with van der Waals surface area (Å²) in [5.74, 6) is -0.0292. The number of hydrogen-bond acceptors (Lipinski definition) is 3. The maximum Gasteiger partial charge on any atom is 0.224 e. The highest BCUT2D eigenvalue weighted by Crippen LogP contribution is 2.14. The van der Waals surface area contributed by atoms with Gasteiger partial charge in [0.25, 0.3) is 0 Å². The number of amides is 1. The minimum Gasteiger partial charge on any atom is -0.394 e. The van der Waals surface area contributed by atoms with Crippen molar-refractivity contribution in [3.8, 4) is 0 Å². The number of aromatic amines is 1. The second kappa shape index (κ2) is 6.92. The van der Waals surface area contributed by atoms with E-state index in [1.807, 2.05) is 30.5 Å². The van der Waals surface area contributed by atoms with Crippen LogP contribution in [0.15, 0.2) is 30.5 Å². The Labute approximate surface area is 111 Å². The molecule has 1 aromatic heterocycles. The Morgan fingerprint density at radius 3 is 3.05 bits per heavy atom. The number of aliphatic hydroxyl groups is 1. The number of nitrogens with one attached hydrogen (secondary N) is 2. The summed E-state index contributed by atoms with van der Waals surface area (Å²) in [6, 6.07) is 7.94. The lowest BCUT2D eigenvalue weighted by molar-refractivity contribution is -0.120. The van der Waals surface area contributed by atoms with Crippen molar-refractivity contribution in [3.63, 3.8) is 0 Å². The molecule has 0 radical (unpaired) electrons. The van der Waals surface area contributed by atoms with Crippen molar-refractivity contribution in [2.45, 2.75) is 6.42 Å². The van der Waals surface area contributed by atoms with Crippen LogP contribution in [0.25, 0.3) is 10.9 Å². The second-order valence-corrected chi connectivity index (χ2v) is 4.26. The predicted molar refractivity (Wildman–Crippen MR) is 72.9 cm³/mol. The third-order valence-electron chi connectivity index (χ3n) is 2.79. The molecule has 19 heavy (non-hydrogen) atoms. The molecule has 1 amide bonds. The van der Waals surface area contributed by atoms with E-state index in [1.54, 1.807) is 0 Å². The van der Waals surface area contributed by atoms with Crippen LogP contribution < -0.4 is 5.32 Å². The van der Waals surface area contributed by atoms with E-state index < -0.39 is 0 Å². The number of carbonyl (C=O) groups excluding carboxylic acids is 1. The van der Waals surface area contributed by atoms with Crippen LogP contribution in [-0.2, 0) is 16.0 Å². The Bertz CT molecular complexity index is 536. The number of ether oxygens (including phenoxy) is 1. The number of hydrogen-bond donors (Lipinski definition) is 3. The number of benzene rings is 1. The SMILES string of the molecule is O=C(Cc1ccc2cc[nH]c2c1)NCCOCCO. The summed E-state index contributed by atoms with van der Waals surface area (Å²) >= 11 is 0. The van der Waals surface area contributed by atoms with Gasteiger partial charge >= 0.3 is 0 Å². The fraction of sp³-hybridized carbons (Fsp3) is 0.357. The van der Waals surface area contributed by atoms with Crippen LogP contribution in [0, 0.1) is 0 Å². The summed E-state index contributed by atoms with van der Waals surface area (Å²) < 4.78 is 5.06. The molecule has 0 unspecified atom stereocenters. The Morgan fingerprint density at radius 1 is 1.32 bits per heavy atom. The number of fused-ring (bicyclic) bond motifs is 1. The van der Waals surface area contributed by atoms with Crippen LogP contribution in [0.1, 0.15) is 5.56 Å². The second-order valence-electron chi connectivity index (χ2n) is 4.26. The van der Waals surface area contributed by atoms with E-state index in [0.717, 1.165) is 16.5 Å². The van der Waals surface area contributed by atoms with Gasteiger partial charge < -0.3 is 20.1 Å². The molecule has 102 valence electrons. The van der Waals surface area contributed by atoms with Crippen molar-refractivity contribution in [2.75, 3.05) is 26.4 Å². The molecule has 0 atom stereocenters. The summed E-state index contributed by atoms with van der Waals surface area (Å²) in [7, 11) is 0. The third-order valence-corrected chi connectivity index (χ3v) is 2.79. The van der Waals surface area contributed by atoms with E-state index in [-0.39, 0.29) is 12.5 Å². The van der Waals surface area contributed by atoms with Gasteiger partial charge in [-0.1, -0.05) is 12.1 Å². The highest BCUT2D eigenvalue weighted by atomic mass is 16.5. The molecule has 1 heterocycles. The van der Waals surface area contributed by atoms with Crippen LogP contribution in [0.5, 0.6) is 0 Å². The molecule has 0 aliphatic heterocycles. The van der Waals surface area contributed by atoms with E-state index in [9.17, 15) is 4.79 Å². The van der Waals surface area contributed by atoms with Crippen molar-refractivity contribution in [1.29, 1.82) is 0 Å². The van der Waals surface area contributed by atoms with Crippen molar-refractivity contribution in [2.24, 2.45) is 0 Å². The van der Waals surface area contributed by atoms with Crippen LogP contribution in [-0.4, -0.2) is 42.4 Å². The number of rotatable bonds is 7. The molecule has 0 aliphatic carbocycles. The average molecular weight is 262 g/mol. The number of aliphatic hydroxyl groups excluding tert-OH is 1. The molecule has 0 aliphatic rings. The molecule has 0 spiro atoms. The molecule has 3 N–H and O–H groups in total. The van der Waals surface area contributed by atoms with Gasteiger partial charge in [-0.05, 0) is 23.1 Å². The van der Waals surface area contributed by atoms with Crippen LogP contribution >= 0.6 is 0 Å². The molecule has 1 aromatic carbocycles. The highest BCUT2D eigenvalue weighted by Gasteiger charge is 2.04. The first-order chi connectivity index (χ1) is 9.29. The predicted octanol–water partition coefficient (Wildman–Crippen LogP) is 0.836. The van der Waals surface area contributed by atoms with E-state index in [4.69, 9.17) is 9.84 Å². The van der Waals surface area contributed by atoms with Crippen molar-refractivity contribution in [3.05, 3.63) is 36.0 Å². The van der Waals surface area contributed by atoms with E-state index >= 15 is 0 Å². The Hall–Kier alpha value is -1.85. The fourth-order valence-corrected chi connectivity index (χ4v) is 1.88. The zero-order valence-corrected chi connectivity index (χ0v) is 10.7. The van der Waals surface area contributed by atoms with Gasteiger partial charge in [0, 0.05) is 18.3 Å². The first-order valence-corrected chi connectivity index (χ1v) is 6.31. The van der Waals surface area contributed by atoms with Gasteiger partial charge in [0.15, 0.2) is 0 Å². The van der Waals surface area contributed by atoms with Gasteiger partial charge in [0.2, 0.25) is 5.91 Å². The Balaban J connectivity index is 1.78. The lowest BCUT2D eigenvalue weighted by Gasteiger charge is -2.06. The van der Waals surface area contributed by atoms with Crippen molar-refractivity contribution in [1.82, 2.24) is 10.3 Å². The Morgan fingerprint density at radius 2 is 2.21 bits per heavy atom. The minimum absolute atomic E-state index is 0.00407. The van der Waals surface area contributed by atoms with Gasteiger partial charge in [0.05, 0.1) is 26.2 Å². The van der Waals surface area contributed by atoms with Gasteiger partial charge in [-0.2, -0.15) is 0 Å². The number of aromatic nitrogens is 1. The molecule has 0 saturated heterocycles. The number of carbonyl (C=O) groups is 1. The molecular weight excluding hydrogens is 244 g/mol. The van der Waals surface area contributed by atoms with Crippen molar-refractivity contribution >= 4 is 16.8 Å². The molecule has 5 heteroatoms. The monoisotopic (exact) mass is 262 g/mol. The molecule has 2 aromatic rings.